The van der Waals surface area contributed by atoms with Gasteiger partial charge in [-0.1, -0.05) is 18.3 Å². The molecule has 0 bridgehead atoms. The fraction of sp³-hybridized carbons (Fsp3) is 0.727. The molecule has 0 spiro atoms. The molecular weight excluding hydrogens is 181 g/mol. The van der Waals surface area contributed by atoms with Gasteiger partial charge >= 0.3 is 0 Å². The van der Waals surface area contributed by atoms with Crippen LogP contribution in [0.5, 0.6) is 0 Å². The molecule has 78 valence electrons. The van der Waals surface area contributed by atoms with Gasteiger partial charge in [-0.25, -0.2) is 4.39 Å². The van der Waals surface area contributed by atoms with Gasteiger partial charge in [0.05, 0.1) is 0 Å². The maximum Gasteiger partial charge on any atom is 0.270 e. The van der Waals surface area contributed by atoms with E-state index >= 15 is 0 Å². The lowest BCUT2D eigenvalue weighted by Gasteiger charge is -2.19. The first-order chi connectivity index (χ1) is 6.69. The van der Waals surface area contributed by atoms with Crippen molar-refractivity contribution in [1.29, 1.82) is 0 Å². The van der Waals surface area contributed by atoms with Gasteiger partial charge in [0.2, 0.25) is 5.67 Å². The Balaban J connectivity index is 2.72. The summed E-state index contributed by atoms with van der Waals surface area (Å²) in [5, 5.41) is 2.49. The molecule has 3 heteroatoms. The number of hydrogen-bond acceptors (Lipinski definition) is 1. The number of halogens is 1. The van der Waals surface area contributed by atoms with Gasteiger partial charge in [0.1, 0.15) is 0 Å². The summed E-state index contributed by atoms with van der Waals surface area (Å²) in [4.78, 5) is 11.4. The van der Waals surface area contributed by atoms with Crippen LogP contribution in [0.2, 0.25) is 0 Å². The fourth-order valence-electron chi connectivity index (χ4n) is 1.49. The molecule has 1 rings (SSSR count). The SMILES string of the molecule is CCNC(=O)C1(F)C#CCCCCC1. The van der Waals surface area contributed by atoms with Crippen molar-refractivity contribution in [1.82, 2.24) is 5.32 Å². The van der Waals surface area contributed by atoms with E-state index in [1.807, 2.05) is 0 Å². The quantitative estimate of drug-likeness (QED) is 0.672. The summed E-state index contributed by atoms with van der Waals surface area (Å²) in [6, 6.07) is 0. The minimum Gasteiger partial charge on any atom is -0.353 e. The van der Waals surface area contributed by atoms with Crippen LogP contribution >= 0.6 is 0 Å². The van der Waals surface area contributed by atoms with E-state index in [1.54, 1.807) is 6.92 Å². The molecule has 0 aliphatic heterocycles. The molecular formula is C11H16FNO. The van der Waals surface area contributed by atoms with Crippen molar-refractivity contribution in [2.24, 2.45) is 0 Å². The molecule has 0 fully saturated rings. The van der Waals surface area contributed by atoms with Gasteiger partial charge in [-0.3, -0.25) is 4.79 Å². The van der Waals surface area contributed by atoms with Crippen molar-refractivity contribution in [3.8, 4) is 11.8 Å². The molecule has 0 aromatic heterocycles. The summed E-state index contributed by atoms with van der Waals surface area (Å²) in [6.45, 7) is 2.23. The van der Waals surface area contributed by atoms with Crippen LogP contribution in [-0.2, 0) is 4.79 Å². The number of rotatable bonds is 2. The molecule has 0 radical (unpaired) electrons. The van der Waals surface area contributed by atoms with Crippen LogP contribution in [0.1, 0.15) is 39.0 Å². The van der Waals surface area contributed by atoms with Crippen molar-refractivity contribution in [2.45, 2.75) is 44.7 Å². The molecule has 1 aliphatic rings. The van der Waals surface area contributed by atoms with E-state index in [9.17, 15) is 9.18 Å². The highest BCUT2D eigenvalue weighted by molar-refractivity contribution is 5.88. The standard InChI is InChI=1S/C11H16FNO/c1-2-13-10(14)11(12)8-6-4-3-5-7-9-11/h2-6,8H2,1H3,(H,13,14). The lowest BCUT2D eigenvalue weighted by molar-refractivity contribution is -0.129. The first kappa shape index (κ1) is 11.0. The second-order valence-corrected chi connectivity index (χ2v) is 3.52. The summed E-state index contributed by atoms with van der Waals surface area (Å²) in [5.41, 5.74) is -1.95. The summed E-state index contributed by atoms with van der Waals surface area (Å²) in [6.07, 6.45) is 3.64. The number of carbonyl (C=O) groups excluding carboxylic acids is 1. The van der Waals surface area contributed by atoms with Gasteiger partial charge in [-0.15, -0.1) is 0 Å². The Hall–Kier alpha value is -1.04. The van der Waals surface area contributed by atoms with Crippen LogP contribution in [0.4, 0.5) is 4.39 Å². The highest BCUT2D eigenvalue weighted by Crippen LogP contribution is 2.22. The van der Waals surface area contributed by atoms with E-state index in [4.69, 9.17) is 0 Å². The second kappa shape index (κ2) is 4.99. The van der Waals surface area contributed by atoms with Gasteiger partial charge in [0.15, 0.2) is 0 Å². The van der Waals surface area contributed by atoms with Crippen molar-refractivity contribution in [3.63, 3.8) is 0 Å². The monoisotopic (exact) mass is 197 g/mol. The van der Waals surface area contributed by atoms with Gasteiger partial charge in [0, 0.05) is 19.4 Å². The maximum absolute atomic E-state index is 14.0. The zero-order chi connectivity index (χ0) is 10.4. The smallest absolute Gasteiger partial charge is 0.270 e. The maximum atomic E-state index is 14.0. The van der Waals surface area contributed by atoms with E-state index in [0.29, 0.717) is 13.0 Å². The van der Waals surface area contributed by atoms with E-state index in [0.717, 1.165) is 19.3 Å². The molecule has 14 heavy (non-hydrogen) atoms. The number of carbonyl (C=O) groups is 1. The molecule has 1 amide bonds. The van der Waals surface area contributed by atoms with Crippen LogP contribution in [0.3, 0.4) is 0 Å². The van der Waals surface area contributed by atoms with E-state index < -0.39 is 11.6 Å². The predicted octanol–water partition coefficient (Wildman–Crippen LogP) is 1.80. The van der Waals surface area contributed by atoms with Gasteiger partial charge in [-0.2, -0.15) is 0 Å². The zero-order valence-corrected chi connectivity index (χ0v) is 8.53. The molecule has 0 aromatic carbocycles. The van der Waals surface area contributed by atoms with Crippen molar-refractivity contribution >= 4 is 5.91 Å². The minimum absolute atomic E-state index is 0.228. The van der Waals surface area contributed by atoms with Crippen LogP contribution in [-0.4, -0.2) is 18.1 Å². The van der Waals surface area contributed by atoms with Gasteiger partial charge in [-0.05, 0) is 19.8 Å². The lowest BCUT2D eigenvalue weighted by Crippen LogP contribution is -2.42. The Morgan fingerprint density at radius 3 is 3.00 bits per heavy atom. The van der Waals surface area contributed by atoms with Crippen molar-refractivity contribution in [3.05, 3.63) is 0 Å². The third-order valence-electron chi connectivity index (χ3n) is 2.31. The fourth-order valence-corrected chi connectivity index (χ4v) is 1.49. The zero-order valence-electron chi connectivity index (χ0n) is 8.53. The normalized spacial score (nSPS) is 26.7. The molecule has 1 N–H and O–H groups in total. The first-order valence-electron chi connectivity index (χ1n) is 5.16. The van der Waals surface area contributed by atoms with Gasteiger partial charge < -0.3 is 5.32 Å². The van der Waals surface area contributed by atoms with Crippen molar-refractivity contribution < 1.29 is 9.18 Å². The van der Waals surface area contributed by atoms with Crippen LogP contribution in [0.25, 0.3) is 0 Å². The average Bonchev–Trinajstić information content (AvgIpc) is 2.12. The second-order valence-electron chi connectivity index (χ2n) is 3.52. The van der Waals surface area contributed by atoms with Crippen LogP contribution in [0.15, 0.2) is 0 Å². The molecule has 0 saturated heterocycles. The summed E-state index contributed by atoms with van der Waals surface area (Å²) in [7, 11) is 0. The van der Waals surface area contributed by atoms with E-state index in [1.165, 1.54) is 0 Å². The lowest BCUT2D eigenvalue weighted by atomic mass is 9.94. The number of amides is 1. The van der Waals surface area contributed by atoms with Crippen LogP contribution < -0.4 is 5.32 Å². The third-order valence-corrected chi connectivity index (χ3v) is 2.31. The average molecular weight is 197 g/mol. The van der Waals surface area contributed by atoms with Crippen LogP contribution in [0, 0.1) is 11.8 Å². The van der Waals surface area contributed by atoms with E-state index in [2.05, 4.69) is 17.2 Å². The Morgan fingerprint density at radius 1 is 1.50 bits per heavy atom. The third kappa shape index (κ3) is 2.73. The molecule has 0 aromatic rings. The Morgan fingerprint density at radius 2 is 2.29 bits per heavy atom. The minimum atomic E-state index is -1.95. The molecule has 2 nitrogen and oxygen atoms in total. The largest absolute Gasteiger partial charge is 0.353 e. The molecule has 1 atom stereocenters. The van der Waals surface area contributed by atoms with Gasteiger partial charge in [0.25, 0.3) is 5.91 Å². The molecule has 0 saturated carbocycles. The summed E-state index contributed by atoms with van der Waals surface area (Å²) >= 11 is 0. The number of alkyl halides is 1. The summed E-state index contributed by atoms with van der Waals surface area (Å²) < 4.78 is 14.0. The first-order valence-corrected chi connectivity index (χ1v) is 5.16. The molecule has 0 heterocycles. The Kier molecular flexibility index (Phi) is 3.94. The number of hydrogen-bond donors (Lipinski definition) is 1. The Bertz CT molecular complexity index is 266. The van der Waals surface area contributed by atoms with Crippen molar-refractivity contribution in [2.75, 3.05) is 6.54 Å². The summed E-state index contributed by atoms with van der Waals surface area (Å²) in [5.74, 6) is 4.61. The number of nitrogens with one attached hydrogen (secondary N) is 1. The topological polar surface area (TPSA) is 29.1 Å². The highest BCUT2D eigenvalue weighted by Gasteiger charge is 2.35. The molecule has 1 unspecified atom stereocenters. The molecule has 1 aliphatic carbocycles. The predicted molar refractivity (Wildman–Crippen MR) is 53.4 cm³/mol. The van der Waals surface area contributed by atoms with E-state index in [-0.39, 0.29) is 6.42 Å². The Labute approximate surface area is 84.3 Å². The highest BCUT2D eigenvalue weighted by atomic mass is 19.1.